The first kappa shape index (κ1) is 13.5. The normalized spacial score (nSPS) is 21.4. The Morgan fingerprint density at radius 3 is 2.76 bits per heavy atom. The Balaban J connectivity index is 1.65. The van der Waals surface area contributed by atoms with Gasteiger partial charge in [0, 0.05) is 25.2 Å². The SMILES string of the molecule is O=C(O)c1cncc(NC(=O)C2CC(=O)N(C3CC3)C2)c1. The number of nitrogens with zero attached hydrogens (tertiary/aromatic N) is 2. The first-order chi connectivity index (χ1) is 10.0. The highest BCUT2D eigenvalue weighted by Gasteiger charge is 2.41. The first-order valence-corrected chi connectivity index (χ1v) is 6.83. The third-order valence-corrected chi connectivity index (χ3v) is 3.77. The molecule has 1 aliphatic heterocycles. The predicted octanol–water partition coefficient (Wildman–Crippen LogP) is 0.729. The quantitative estimate of drug-likeness (QED) is 0.851. The number of aromatic carboxylic acids is 1. The summed E-state index contributed by atoms with van der Waals surface area (Å²) in [5.41, 5.74) is 0.340. The smallest absolute Gasteiger partial charge is 0.337 e. The molecule has 0 aromatic carbocycles. The van der Waals surface area contributed by atoms with E-state index < -0.39 is 5.97 Å². The van der Waals surface area contributed by atoms with Gasteiger partial charge >= 0.3 is 5.97 Å². The van der Waals surface area contributed by atoms with E-state index in [4.69, 9.17) is 5.11 Å². The minimum atomic E-state index is -1.10. The lowest BCUT2D eigenvalue weighted by atomic mass is 10.1. The molecule has 0 bridgehead atoms. The van der Waals surface area contributed by atoms with Crippen molar-refractivity contribution in [2.75, 3.05) is 11.9 Å². The molecule has 2 N–H and O–H groups in total. The van der Waals surface area contributed by atoms with Crippen LogP contribution >= 0.6 is 0 Å². The molecule has 1 saturated heterocycles. The minimum absolute atomic E-state index is 0.00917. The van der Waals surface area contributed by atoms with Gasteiger partial charge in [0.2, 0.25) is 11.8 Å². The second kappa shape index (κ2) is 5.16. The topological polar surface area (TPSA) is 99.6 Å². The van der Waals surface area contributed by atoms with E-state index in [1.54, 1.807) is 4.90 Å². The van der Waals surface area contributed by atoms with Crippen LogP contribution in [-0.2, 0) is 9.59 Å². The van der Waals surface area contributed by atoms with Gasteiger partial charge in [0.15, 0.2) is 0 Å². The number of carbonyl (C=O) groups is 3. The maximum absolute atomic E-state index is 12.2. The number of carboxylic acids is 1. The average Bonchev–Trinajstić information content (AvgIpc) is 3.22. The summed E-state index contributed by atoms with van der Waals surface area (Å²) in [5, 5.41) is 11.5. The van der Waals surface area contributed by atoms with Crippen LogP contribution in [0.1, 0.15) is 29.6 Å². The van der Waals surface area contributed by atoms with Crippen LogP contribution in [0.4, 0.5) is 5.69 Å². The molecule has 2 amide bonds. The molecule has 3 rings (SSSR count). The van der Waals surface area contributed by atoms with Gasteiger partial charge in [-0.2, -0.15) is 0 Å². The van der Waals surface area contributed by atoms with Crippen LogP contribution in [0.2, 0.25) is 0 Å². The summed E-state index contributed by atoms with van der Waals surface area (Å²) in [5.74, 6) is -1.73. The highest BCUT2D eigenvalue weighted by molar-refractivity contribution is 5.98. The molecule has 7 nitrogen and oxygen atoms in total. The van der Waals surface area contributed by atoms with Gasteiger partial charge in [-0.1, -0.05) is 0 Å². The summed E-state index contributed by atoms with van der Waals surface area (Å²) < 4.78 is 0. The Morgan fingerprint density at radius 2 is 2.10 bits per heavy atom. The first-order valence-electron chi connectivity index (χ1n) is 6.83. The van der Waals surface area contributed by atoms with Gasteiger partial charge in [-0.25, -0.2) is 4.79 Å². The molecule has 1 aromatic rings. The zero-order chi connectivity index (χ0) is 15.0. The highest BCUT2D eigenvalue weighted by Crippen LogP contribution is 2.32. The molecular formula is C14H15N3O4. The van der Waals surface area contributed by atoms with Gasteiger partial charge in [0.05, 0.1) is 23.4 Å². The van der Waals surface area contributed by atoms with E-state index in [2.05, 4.69) is 10.3 Å². The van der Waals surface area contributed by atoms with Gasteiger partial charge in [-0.3, -0.25) is 14.6 Å². The zero-order valence-corrected chi connectivity index (χ0v) is 11.3. The van der Waals surface area contributed by atoms with E-state index in [1.165, 1.54) is 18.5 Å². The van der Waals surface area contributed by atoms with Crippen LogP contribution in [0.15, 0.2) is 18.5 Å². The van der Waals surface area contributed by atoms with Crippen LogP contribution in [0.3, 0.4) is 0 Å². The van der Waals surface area contributed by atoms with E-state index in [0.29, 0.717) is 18.3 Å². The van der Waals surface area contributed by atoms with Crippen molar-refractivity contribution in [1.29, 1.82) is 0 Å². The maximum Gasteiger partial charge on any atom is 0.337 e. The molecule has 2 fully saturated rings. The number of hydrogen-bond acceptors (Lipinski definition) is 4. The van der Waals surface area contributed by atoms with Crippen molar-refractivity contribution in [1.82, 2.24) is 9.88 Å². The van der Waals surface area contributed by atoms with Crippen LogP contribution < -0.4 is 5.32 Å². The molecule has 0 spiro atoms. The second-order valence-electron chi connectivity index (χ2n) is 5.44. The molecule has 21 heavy (non-hydrogen) atoms. The van der Waals surface area contributed by atoms with Crippen molar-refractivity contribution >= 4 is 23.5 Å². The fourth-order valence-electron chi connectivity index (χ4n) is 2.52. The molecule has 1 aromatic heterocycles. The number of anilines is 1. The number of aromatic nitrogens is 1. The van der Waals surface area contributed by atoms with E-state index in [-0.39, 0.29) is 29.7 Å². The average molecular weight is 289 g/mol. The van der Waals surface area contributed by atoms with E-state index in [1.807, 2.05) is 0 Å². The van der Waals surface area contributed by atoms with Crippen LogP contribution in [0, 0.1) is 5.92 Å². The molecule has 2 aliphatic rings. The maximum atomic E-state index is 12.2. The van der Waals surface area contributed by atoms with Crippen LogP contribution in [0.5, 0.6) is 0 Å². The number of carbonyl (C=O) groups excluding carboxylic acids is 2. The minimum Gasteiger partial charge on any atom is -0.478 e. The summed E-state index contributed by atoms with van der Waals surface area (Å²) in [6.07, 6.45) is 4.86. The van der Waals surface area contributed by atoms with Crippen molar-refractivity contribution in [3.63, 3.8) is 0 Å². The lowest BCUT2D eigenvalue weighted by Gasteiger charge is -2.15. The Labute approximate surface area is 121 Å². The summed E-state index contributed by atoms with van der Waals surface area (Å²) in [7, 11) is 0. The Hall–Kier alpha value is -2.44. The molecule has 1 unspecified atom stereocenters. The largest absolute Gasteiger partial charge is 0.478 e. The van der Waals surface area contributed by atoms with Crippen LogP contribution in [-0.4, -0.2) is 45.4 Å². The number of likely N-dealkylation sites (tertiary alicyclic amines) is 1. The summed E-state index contributed by atoms with van der Waals surface area (Å²) in [6.45, 7) is 0.446. The van der Waals surface area contributed by atoms with Gasteiger partial charge in [0.25, 0.3) is 0 Å². The number of hydrogen-bond donors (Lipinski definition) is 2. The fraction of sp³-hybridized carbons (Fsp3) is 0.429. The van der Waals surface area contributed by atoms with E-state index in [9.17, 15) is 14.4 Å². The zero-order valence-electron chi connectivity index (χ0n) is 11.3. The lowest BCUT2D eigenvalue weighted by molar-refractivity contribution is -0.128. The molecule has 1 saturated carbocycles. The fourth-order valence-corrected chi connectivity index (χ4v) is 2.52. The molecule has 1 atom stereocenters. The Morgan fingerprint density at radius 1 is 1.33 bits per heavy atom. The molecule has 7 heteroatoms. The third-order valence-electron chi connectivity index (χ3n) is 3.77. The number of carboxylic acid groups (broad SMARTS) is 1. The van der Waals surface area contributed by atoms with Crippen molar-refractivity contribution in [2.45, 2.75) is 25.3 Å². The monoisotopic (exact) mass is 289 g/mol. The molecular weight excluding hydrogens is 274 g/mol. The predicted molar refractivity (Wildman–Crippen MR) is 72.7 cm³/mol. The van der Waals surface area contributed by atoms with E-state index in [0.717, 1.165) is 12.8 Å². The van der Waals surface area contributed by atoms with Gasteiger partial charge in [-0.05, 0) is 18.9 Å². The Kier molecular flexibility index (Phi) is 3.32. The Bertz CT molecular complexity index is 612. The number of pyridine rings is 1. The lowest BCUT2D eigenvalue weighted by Crippen LogP contribution is -2.29. The molecule has 2 heterocycles. The molecule has 110 valence electrons. The highest BCUT2D eigenvalue weighted by atomic mass is 16.4. The van der Waals surface area contributed by atoms with Crippen molar-refractivity contribution in [3.05, 3.63) is 24.0 Å². The van der Waals surface area contributed by atoms with Crippen molar-refractivity contribution in [2.24, 2.45) is 5.92 Å². The van der Waals surface area contributed by atoms with Gasteiger partial charge in [0.1, 0.15) is 0 Å². The summed E-state index contributed by atoms with van der Waals surface area (Å²) in [4.78, 5) is 40.4. The summed E-state index contributed by atoms with van der Waals surface area (Å²) in [6, 6.07) is 1.66. The molecule has 0 radical (unpaired) electrons. The van der Waals surface area contributed by atoms with Gasteiger partial charge in [-0.15, -0.1) is 0 Å². The van der Waals surface area contributed by atoms with E-state index >= 15 is 0 Å². The standard InChI is InChI=1S/C14H15N3O4/c18-12-4-9(7-17(12)11-1-2-11)13(19)16-10-3-8(14(20)21)5-15-6-10/h3,5-6,9,11H,1-2,4,7H2,(H,16,19)(H,20,21). The van der Waals surface area contributed by atoms with Crippen molar-refractivity contribution in [3.8, 4) is 0 Å². The summed E-state index contributed by atoms with van der Waals surface area (Å²) >= 11 is 0. The second-order valence-corrected chi connectivity index (χ2v) is 5.44. The van der Waals surface area contributed by atoms with Crippen LogP contribution in [0.25, 0.3) is 0 Å². The third kappa shape index (κ3) is 2.86. The van der Waals surface area contributed by atoms with Crippen molar-refractivity contribution < 1.29 is 19.5 Å². The number of rotatable bonds is 4. The number of amides is 2. The number of nitrogens with one attached hydrogen (secondary N) is 1. The molecule has 1 aliphatic carbocycles. The van der Waals surface area contributed by atoms with Gasteiger partial charge < -0.3 is 15.3 Å².